The quantitative estimate of drug-likeness (QED) is 0.868. The monoisotopic (exact) mass is 348 g/mol. The first kappa shape index (κ1) is 15.2. The summed E-state index contributed by atoms with van der Waals surface area (Å²) in [6.07, 6.45) is 3.17. The van der Waals surface area contributed by atoms with Crippen molar-refractivity contribution in [3.8, 4) is 0 Å². The fourth-order valence-electron chi connectivity index (χ4n) is 1.83. The van der Waals surface area contributed by atoms with Gasteiger partial charge in [-0.05, 0) is 27.6 Å². The number of nitrogens with zero attached hydrogens (tertiary/aromatic N) is 1. The highest BCUT2D eigenvalue weighted by atomic mass is 79.9. The highest BCUT2D eigenvalue weighted by Crippen LogP contribution is 2.10. The Balaban J connectivity index is 2.10. The molecule has 108 valence electrons. The molecule has 0 aliphatic rings. The van der Waals surface area contributed by atoms with Crippen LogP contribution in [-0.4, -0.2) is 28.0 Å². The fourth-order valence-corrected chi connectivity index (χ4v) is 2.19. The second-order valence-electron chi connectivity index (χ2n) is 4.45. The zero-order chi connectivity index (χ0) is 15.2. The van der Waals surface area contributed by atoms with E-state index >= 15 is 0 Å². The van der Waals surface area contributed by atoms with E-state index in [0.717, 1.165) is 5.56 Å². The Bertz CT molecular complexity index is 646. The first-order chi connectivity index (χ1) is 10.1. The Labute approximate surface area is 130 Å². The van der Waals surface area contributed by atoms with Crippen LogP contribution in [0.3, 0.4) is 0 Å². The smallest absolute Gasteiger partial charge is 0.326 e. The summed E-state index contributed by atoms with van der Waals surface area (Å²) in [6.45, 7) is 0. The van der Waals surface area contributed by atoms with Crippen LogP contribution in [0, 0.1) is 0 Å². The molecule has 5 nitrogen and oxygen atoms in total. The molecule has 21 heavy (non-hydrogen) atoms. The van der Waals surface area contributed by atoms with Gasteiger partial charge in [-0.15, -0.1) is 0 Å². The van der Waals surface area contributed by atoms with Crippen LogP contribution in [0.4, 0.5) is 0 Å². The predicted octanol–water partition coefficient (Wildman–Crippen LogP) is 2.27. The van der Waals surface area contributed by atoms with Gasteiger partial charge in [0.05, 0.1) is 5.56 Å². The van der Waals surface area contributed by atoms with E-state index in [1.165, 1.54) is 6.20 Å². The number of nitrogens with one attached hydrogen (secondary N) is 1. The third kappa shape index (κ3) is 4.39. The number of halogens is 1. The Morgan fingerprint density at radius 3 is 2.57 bits per heavy atom. The minimum atomic E-state index is -1.07. The molecule has 2 rings (SSSR count). The van der Waals surface area contributed by atoms with Crippen LogP contribution < -0.4 is 5.32 Å². The number of amides is 1. The van der Waals surface area contributed by atoms with Crippen molar-refractivity contribution in [2.24, 2.45) is 0 Å². The van der Waals surface area contributed by atoms with Crippen molar-refractivity contribution in [3.05, 3.63) is 64.4 Å². The largest absolute Gasteiger partial charge is 0.480 e. The molecule has 1 aromatic carbocycles. The van der Waals surface area contributed by atoms with Gasteiger partial charge in [-0.3, -0.25) is 9.78 Å². The van der Waals surface area contributed by atoms with E-state index < -0.39 is 17.9 Å². The topological polar surface area (TPSA) is 79.3 Å². The van der Waals surface area contributed by atoms with E-state index in [-0.39, 0.29) is 6.42 Å². The summed E-state index contributed by atoms with van der Waals surface area (Å²) < 4.78 is 0.657. The number of carbonyl (C=O) groups excluding carboxylic acids is 1. The zero-order valence-corrected chi connectivity index (χ0v) is 12.6. The van der Waals surface area contributed by atoms with Gasteiger partial charge in [-0.1, -0.05) is 30.3 Å². The SMILES string of the molecule is O=C(NC(Cc1ccccc1)C(=O)O)c1cncc(Br)c1. The van der Waals surface area contributed by atoms with Crippen molar-refractivity contribution in [1.29, 1.82) is 0 Å². The third-order valence-electron chi connectivity index (χ3n) is 2.85. The highest BCUT2D eigenvalue weighted by Gasteiger charge is 2.21. The number of pyridine rings is 1. The summed E-state index contributed by atoms with van der Waals surface area (Å²) in [6, 6.07) is 9.75. The molecule has 1 unspecified atom stereocenters. The Morgan fingerprint density at radius 1 is 1.24 bits per heavy atom. The molecule has 0 saturated carbocycles. The average molecular weight is 349 g/mol. The summed E-state index contributed by atoms with van der Waals surface area (Å²) >= 11 is 3.22. The van der Waals surface area contributed by atoms with Gasteiger partial charge in [0.1, 0.15) is 6.04 Å². The first-order valence-electron chi connectivity index (χ1n) is 6.24. The molecule has 0 saturated heterocycles. The van der Waals surface area contributed by atoms with E-state index in [4.69, 9.17) is 0 Å². The lowest BCUT2D eigenvalue weighted by Crippen LogP contribution is -2.42. The van der Waals surface area contributed by atoms with E-state index in [1.807, 2.05) is 30.3 Å². The third-order valence-corrected chi connectivity index (χ3v) is 3.29. The van der Waals surface area contributed by atoms with Crippen molar-refractivity contribution in [1.82, 2.24) is 10.3 Å². The molecule has 0 spiro atoms. The van der Waals surface area contributed by atoms with Gasteiger partial charge in [-0.2, -0.15) is 0 Å². The molecule has 6 heteroatoms. The lowest BCUT2D eigenvalue weighted by molar-refractivity contribution is -0.139. The van der Waals surface area contributed by atoms with Crippen LogP contribution in [0.2, 0.25) is 0 Å². The van der Waals surface area contributed by atoms with Crippen LogP contribution in [0.1, 0.15) is 15.9 Å². The molecule has 0 fully saturated rings. The predicted molar refractivity (Wildman–Crippen MR) is 81.0 cm³/mol. The molecule has 1 amide bonds. The average Bonchev–Trinajstić information content (AvgIpc) is 2.47. The van der Waals surface area contributed by atoms with Gasteiger partial charge in [-0.25, -0.2) is 4.79 Å². The number of rotatable bonds is 5. The first-order valence-corrected chi connectivity index (χ1v) is 7.03. The minimum Gasteiger partial charge on any atom is -0.480 e. The van der Waals surface area contributed by atoms with Crippen molar-refractivity contribution in [2.75, 3.05) is 0 Å². The molecule has 2 N–H and O–H groups in total. The molecule has 0 aliphatic carbocycles. The summed E-state index contributed by atoms with van der Waals surface area (Å²) in [5.74, 6) is -1.54. The number of hydrogen-bond donors (Lipinski definition) is 2. The maximum absolute atomic E-state index is 12.1. The number of carboxylic acids is 1. The van der Waals surface area contributed by atoms with Gasteiger partial charge < -0.3 is 10.4 Å². The lowest BCUT2D eigenvalue weighted by Gasteiger charge is -2.14. The van der Waals surface area contributed by atoms with Gasteiger partial charge in [0, 0.05) is 23.3 Å². The molecule has 0 radical (unpaired) electrons. The van der Waals surface area contributed by atoms with E-state index in [2.05, 4.69) is 26.2 Å². The van der Waals surface area contributed by atoms with Gasteiger partial charge in [0.25, 0.3) is 5.91 Å². The number of carboxylic acid groups (broad SMARTS) is 1. The minimum absolute atomic E-state index is 0.226. The maximum atomic E-state index is 12.1. The number of aromatic nitrogens is 1. The highest BCUT2D eigenvalue weighted by molar-refractivity contribution is 9.10. The summed E-state index contributed by atoms with van der Waals surface area (Å²) in [5.41, 5.74) is 1.15. The van der Waals surface area contributed by atoms with Gasteiger partial charge in [0.2, 0.25) is 0 Å². The van der Waals surface area contributed by atoms with Crippen molar-refractivity contribution >= 4 is 27.8 Å². The number of aliphatic carboxylic acids is 1. The van der Waals surface area contributed by atoms with E-state index in [0.29, 0.717) is 10.0 Å². The van der Waals surface area contributed by atoms with Crippen molar-refractivity contribution < 1.29 is 14.7 Å². The van der Waals surface area contributed by atoms with Crippen molar-refractivity contribution in [3.63, 3.8) is 0 Å². The Morgan fingerprint density at radius 2 is 1.95 bits per heavy atom. The molecular weight excluding hydrogens is 336 g/mol. The van der Waals surface area contributed by atoms with Crippen molar-refractivity contribution in [2.45, 2.75) is 12.5 Å². The summed E-state index contributed by atoms with van der Waals surface area (Å²) in [4.78, 5) is 27.3. The number of benzene rings is 1. The van der Waals surface area contributed by atoms with Crippen LogP contribution in [0.15, 0.2) is 53.3 Å². The van der Waals surface area contributed by atoms with Gasteiger partial charge >= 0.3 is 5.97 Å². The Hall–Kier alpha value is -2.21. The van der Waals surface area contributed by atoms with E-state index in [9.17, 15) is 14.7 Å². The maximum Gasteiger partial charge on any atom is 0.326 e. The lowest BCUT2D eigenvalue weighted by atomic mass is 10.1. The van der Waals surface area contributed by atoms with Crippen LogP contribution in [0.25, 0.3) is 0 Å². The zero-order valence-electron chi connectivity index (χ0n) is 11.0. The normalized spacial score (nSPS) is 11.7. The molecule has 1 atom stereocenters. The van der Waals surface area contributed by atoms with Crippen LogP contribution >= 0.6 is 15.9 Å². The molecule has 2 aromatic rings. The molecule has 1 aromatic heterocycles. The molecule has 0 aliphatic heterocycles. The number of hydrogen-bond acceptors (Lipinski definition) is 3. The Kier molecular flexibility index (Phi) is 5.05. The second-order valence-corrected chi connectivity index (χ2v) is 5.36. The van der Waals surface area contributed by atoms with Crippen LogP contribution in [-0.2, 0) is 11.2 Å². The summed E-state index contributed by atoms with van der Waals surface area (Å²) in [5, 5.41) is 11.8. The summed E-state index contributed by atoms with van der Waals surface area (Å²) in [7, 11) is 0. The second kappa shape index (κ2) is 6.99. The molecule has 0 bridgehead atoms. The standard InChI is InChI=1S/C15H13BrN2O3/c16-12-7-11(8-17-9-12)14(19)18-13(15(20)21)6-10-4-2-1-3-5-10/h1-5,7-9,13H,6H2,(H,18,19)(H,20,21). The number of carbonyl (C=O) groups is 2. The van der Waals surface area contributed by atoms with Gasteiger partial charge in [0.15, 0.2) is 0 Å². The molecular formula is C15H13BrN2O3. The van der Waals surface area contributed by atoms with Crippen LogP contribution in [0.5, 0.6) is 0 Å². The fraction of sp³-hybridized carbons (Fsp3) is 0.133. The molecule has 1 heterocycles. The van der Waals surface area contributed by atoms with E-state index in [1.54, 1.807) is 12.3 Å².